The van der Waals surface area contributed by atoms with Gasteiger partial charge in [-0.3, -0.25) is 14.4 Å². The fourth-order valence-corrected chi connectivity index (χ4v) is 8.01. The van der Waals surface area contributed by atoms with Crippen molar-refractivity contribution in [3.63, 3.8) is 0 Å². The summed E-state index contributed by atoms with van der Waals surface area (Å²) in [4.78, 5) is 38.1. The van der Waals surface area contributed by atoms with Crippen LogP contribution in [0.15, 0.2) is 72.9 Å². The number of carbonyl (C=O) groups excluding carboxylic acids is 3. The Balaban J connectivity index is 4.48. The largest absolute Gasteiger partial charge is 0.462 e. The quantitative estimate of drug-likeness (QED) is 0.0262. The number of hydrogen-bond acceptors (Lipinski definition) is 6. The molecule has 68 heavy (non-hydrogen) atoms. The maximum absolute atomic E-state index is 12.9. The first-order valence-electron chi connectivity index (χ1n) is 28.9. The number of hydrogen-bond donors (Lipinski definition) is 0. The average molecular weight is 950 g/mol. The molecular formula is C62H108O6. The topological polar surface area (TPSA) is 78.9 Å². The number of allylic oxidation sites excluding steroid dienone is 12. The normalized spacial score (nSPS) is 12.6. The van der Waals surface area contributed by atoms with Gasteiger partial charge in [-0.1, -0.05) is 229 Å². The van der Waals surface area contributed by atoms with Gasteiger partial charge in [0.15, 0.2) is 6.10 Å². The molecule has 0 heterocycles. The van der Waals surface area contributed by atoms with Crippen molar-refractivity contribution in [3.05, 3.63) is 72.9 Å². The highest BCUT2D eigenvalue weighted by Crippen LogP contribution is 2.14. The minimum absolute atomic E-state index is 0.0981. The molecule has 0 saturated carbocycles. The second-order valence-electron chi connectivity index (χ2n) is 19.2. The molecule has 0 aromatic heterocycles. The zero-order valence-electron chi connectivity index (χ0n) is 44.9. The van der Waals surface area contributed by atoms with E-state index >= 15 is 0 Å². The second-order valence-corrected chi connectivity index (χ2v) is 19.2. The third-order valence-electron chi connectivity index (χ3n) is 12.4. The summed E-state index contributed by atoms with van der Waals surface area (Å²) in [6.07, 6.45) is 71.8. The summed E-state index contributed by atoms with van der Waals surface area (Å²) in [5.74, 6) is -0.960. The summed E-state index contributed by atoms with van der Waals surface area (Å²) in [6, 6.07) is 0. The molecule has 6 nitrogen and oxygen atoms in total. The van der Waals surface area contributed by atoms with Crippen LogP contribution in [0.1, 0.15) is 284 Å². The third kappa shape index (κ3) is 53.8. The van der Waals surface area contributed by atoms with Crippen molar-refractivity contribution in [2.24, 2.45) is 0 Å². The van der Waals surface area contributed by atoms with Gasteiger partial charge in [0.1, 0.15) is 13.2 Å². The van der Waals surface area contributed by atoms with Crippen LogP contribution in [-0.2, 0) is 28.6 Å². The first kappa shape index (κ1) is 64.8. The summed E-state index contributed by atoms with van der Waals surface area (Å²) in [6.45, 7) is 6.57. The van der Waals surface area contributed by atoms with Crippen molar-refractivity contribution in [1.29, 1.82) is 0 Å². The minimum Gasteiger partial charge on any atom is -0.462 e. The van der Waals surface area contributed by atoms with Crippen LogP contribution >= 0.6 is 0 Å². The molecule has 0 fully saturated rings. The van der Waals surface area contributed by atoms with Crippen molar-refractivity contribution >= 4 is 17.9 Å². The van der Waals surface area contributed by atoms with Gasteiger partial charge < -0.3 is 14.2 Å². The molecule has 0 spiro atoms. The van der Waals surface area contributed by atoms with Crippen molar-refractivity contribution < 1.29 is 28.6 Å². The highest BCUT2D eigenvalue weighted by atomic mass is 16.6. The summed E-state index contributed by atoms with van der Waals surface area (Å²) in [5, 5.41) is 0. The number of esters is 3. The van der Waals surface area contributed by atoms with Gasteiger partial charge in [0, 0.05) is 19.3 Å². The molecule has 0 N–H and O–H groups in total. The van der Waals surface area contributed by atoms with Crippen LogP contribution in [0.5, 0.6) is 0 Å². The van der Waals surface area contributed by atoms with Crippen LogP contribution in [0.25, 0.3) is 0 Å². The molecule has 0 aliphatic rings. The smallest absolute Gasteiger partial charge is 0.306 e. The van der Waals surface area contributed by atoms with Gasteiger partial charge in [0.25, 0.3) is 0 Å². The van der Waals surface area contributed by atoms with E-state index in [1.54, 1.807) is 0 Å². The molecule has 0 aromatic rings. The van der Waals surface area contributed by atoms with Crippen molar-refractivity contribution in [1.82, 2.24) is 0 Å². The van der Waals surface area contributed by atoms with Crippen molar-refractivity contribution in [3.8, 4) is 0 Å². The Morgan fingerprint density at radius 1 is 0.294 bits per heavy atom. The molecule has 0 amide bonds. The predicted molar refractivity (Wildman–Crippen MR) is 293 cm³/mol. The lowest BCUT2D eigenvalue weighted by molar-refractivity contribution is -0.167. The zero-order valence-corrected chi connectivity index (χ0v) is 44.9. The van der Waals surface area contributed by atoms with Gasteiger partial charge in [0.2, 0.25) is 0 Å². The van der Waals surface area contributed by atoms with Crippen molar-refractivity contribution in [2.75, 3.05) is 13.2 Å². The van der Waals surface area contributed by atoms with Gasteiger partial charge in [-0.2, -0.15) is 0 Å². The summed E-state index contributed by atoms with van der Waals surface area (Å²) in [7, 11) is 0. The Morgan fingerprint density at radius 3 is 0.926 bits per heavy atom. The van der Waals surface area contributed by atoms with Crippen molar-refractivity contribution in [2.45, 2.75) is 290 Å². The lowest BCUT2D eigenvalue weighted by Gasteiger charge is -2.18. The van der Waals surface area contributed by atoms with Crippen LogP contribution < -0.4 is 0 Å². The Bertz CT molecular complexity index is 1270. The molecule has 1 atom stereocenters. The molecule has 0 aliphatic heterocycles. The Morgan fingerprint density at radius 2 is 0.544 bits per heavy atom. The fourth-order valence-electron chi connectivity index (χ4n) is 8.01. The van der Waals surface area contributed by atoms with E-state index in [2.05, 4.69) is 93.7 Å². The zero-order chi connectivity index (χ0) is 49.3. The van der Waals surface area contributed by atoms with E-state index in [-0.39, 0.29) is 37.5 Å². The standard InChI is InChI=1S/C62H108O6/c1-4-7-10-13-16-19-22-25-28-31-34-37-40-43-46-49-52-55-61(64)67-58-59(57-66-60(63)54-51-48-45-42-39-36-33-30-27-24-21-18-15-12-9-6-3)68-62(65)56-53-50-47-44-41-38-35-32-29-26-23-20-17-14-11-8-5-2/h17,20,25-26,28-30,33-34,37,43,46,59H,4-16,18-19,21-24,27,31-32,35-36,38-42,44-45,47-58H2,1-3H3/b20-17-,28-25-,29-26-,33-30-,37-34-,46-43-. The molecule has 6 heteroatoms. The molecule has 392 valence electrons. The number of ether oxygens (including phenoxy) is 3. The third-order valence-corrected chi connectivity index (χ3v) is 12.4. The van der Waals surface area contributed by atoms with E-state index in [4.69, 9.17) is 14.2 Å². The highest BCUT2D eigenvalue weighted by Gasteiger charge is 2.19. The van der Waals surface area contributed by atoms with Crippen LogP contribution in [0, 0.1) is 0 Å². The van der Waals surface area contributed by atoms with Gasteiger partial charge in [-0.05, 0) is 109 Å². The van der Waals surface area contributed by atoms with E-state index in [1.165, 1.54) is 161 Å². The first-order chi connectivity index (χ1) is 33.5. The average Bonchev–Trinajstić information content (AvgIpc) is 3.34. The molecule has 0 aliphatic carbocycles. The molecule has 0 bridgehead atoms. The highest BCUT2D eigenvalue weighted by molar-refractivity contribution is 5.71. The maximum atomic E-state index is 12.9. The number of carbonyl (C=O) groups is 3. The molecule has 0 saturated heterocycles. The molecule has 0 rings (SSSR count). The molecule has 0 radical (unpaired) electrons. The van der Waals surface area contributed by atoms with Crippen LogP contribution in [0.3, 0.4) is 0 Å². The van der Waals surface area contributed by atoms with Gasteiger partial charge in [-0.25, -0.2) is 0 Å². The van der Waals surface area contributed by atoms with Crippen LogP contribution in [0.2, 0.25) is 0 Å². The first-order valence-corrected chi connectivity index (χ1v) is 28.9. The monoisotopic (exact) mass is 949 g/mol. The number of unbranched alkanes of at least 4 members (excludes halogenated alkanes) is 29. The number of rotatable bonds is 52. The molecule has 0 aromatic carbocycles. The summed E-state index contributed by atoms with van der Waals surface area (Å²) >= 11 is 0. The van der Waals surface area contributed by atoms with E-state index in [0.717, 1.165) is 77.0 Å². The summed E-state index contributed by atoms with van der Waals surface area (Å²) < 4.78 is 16.8. The lowest BCUT2D eigenvalue weighted by atomic mass is 10.1. The van der Waals surface area contributed by atoms with E-state index in [1.807, 2.05) is 0 Å². The van der Waals surface area contributed by atoms with E-state index in [9.17, 15) is 14.4 Å². The SMILES string of the molecule is CCCCC/C=C\C/C=C\CCCCCCCCCC(=O)OC(COC(=O)CCC/C=C\C/C=C\C/C=C\CCCCCCCC)COC(=O)CCCCCCC/C=C\CCCCCCCCC. The van der Waals surface area contributed by atoms with E-state index in [0.29, 0.717) is 19.3 Å². The van der Waals surface area contributed by atoms with Gasteiger partial charge >= 0.3 is 17.9 Å². The fraction of sp³-hybridized carbons (Fsp3) is 0.758. The predicted octanol–water partition coefficient (Wildman–Crippen LogP) is 19.4. The lowest BCUT2D eigenvalue weighted by Crippen LogP contribution is -2.30. The Labute approximate surface area is 421 Å². The molecule has 1 unspecified atom stereocenters. The van der Waals surface area contributed by atoms with Gasteiger partial charge in [-0.15, -0.1) is 0 Å². The van der Waals surface area contributed by atoms with Crippen LogP contribution in [0.4, 0.5) is 0 Å². The maximum Gasteiger partial charge on any atom is 0.306 e. The second kappa shape index (κ2) is 56.4. The van der Waals surface area contributed by atoms with E-state index < -0.39 is 6.10 Å². The Kier molecular flexibility index (Phi) is 53.8. The Hall–Kier alpha value is -3.15. The van der Waals surface area contributed by atoms with Gasteiger partial charge in [0.05, 0.1) is 0 Å². The summed E-state index contributed by atoms with van der Waals surface area (Å²) in [5.41, 5.74) is 0. The van der Waals surface area contributed by atoms with Crippen LogP contribution in [-0.4, -0.2) is 37.2 Å². The molecular weight excluding hydrogens is 841 g/mol. The minimum atomic E-state index is -0.804.